The molecule has 0 radical (unpaired) electrons. The number of fused-ring (bicyclic) bond motifs is 3. The van der Waals surface area contributed by atoms with E-state index in [2.05, 4.69) is 17.2 Å². The van der Waals surface area contributed by atoms with E-state index in [9.17, 15) is 9.59 Å². The first kappa shape index (κ1) is 21.6. The van der Waals surface area contributed by atoms with Crippen LogP contribution in [-0.4, -0.2) is 57.2 Å². The van der Waals surface area contributed by atoms with Crippen molar-refractivity contribution >= 4 is 29.3 Å². The monoisotopic (exact) mass is 445 g/mol. The van der Waals surface area contributed by atoms with Crippen LogP contribution in [0.3, 0.4) is 0 Å². The molecule has 0 unspecified atom stereocenters. The van der Waals surface area contributed by atoms with Crippen molar-refractivity contribution in [2.45, 2.75) is 58.8 Å². The van der Waals surface area contributed by atoms with Gasteiger partial charge in [0.2, 0.25) is 0 Å². The predicted molar refractivity (Wildman–Crippen MR) is 119 cm³/mol. The number of esters is 1. The van der Waals surface area contributed by atoms with Gasteiger partial charge in [0.25, 0.3) is 0 Å². The van der Waals surface area contributed by atoms with Gasteiger partial charge in [-0.1, -0.05) is 11.6 Å². The highest BCUT2D eigenvalue weighted by Gasteiger charge is 2.37. The Morgan fingerprint density at radius 3 is 2.68 bits per heavy atom. The number of carbonyl (C=O) groups is 2. The number of aromatic nitrogens is 2. The van der Waals surface area contributed by atoms with Gasteiger partial charge in [0, 0.05) is 30.2 Å². The minimum absolute atomic E-state index is 0.0287. The third-order valence-electron chi connectivity index (χ3n) is 5.77. The van der Waals surface area contributed by atoms with E-state index in [1.54, 1.807) is 23.4 Å². The molecule has 1 N–H and O–H groups in total. The van der Waals surface area contributed by atoms with E-state index in [0.29, 0.717) is 22.9 Å². The Morgan fingerprint density at radius 1 is 1.23 bits per heavy atom. The topological polar surface area (TPSA) is 79.7 Å². The average molecular weight is 446 g/mol. The van der Waals surface area contributed by atoms with Crippen LogP contribution >= 0.6 is 11.6 Å². The second-order valence-electron chi connectivity index (χ2n) is 9.09. The van der Waals surface area contributed by atoms with Crippen LogP contribution < -0.4 is 10.2 Å². The molecule has 31 heavy (non-hydrogen) atoms. The summed E-state index contributed by atoms with van der Waals surface area (Å²) in [7, 11) is 0. The molecule has 2 aliphatic rings. The molecule has 2 aromatic rings. The van der Waals surface area contributed by atoms with Crippen LogP contribution in [0.15, 0.2) is 24.5 Å². The number of imidazole rings is 1. The number of halogens is 1. The number of benzene rings is 1. The summed E-state index contributed by atoms with van der Waals surface area (Å²) in [5.41, 5.74) is 1.63. The second kappa shape index (κ2) is 7.84. The van der Waals surface area contributed by atoms with Crippen LogP contribution in [-0.2, 0) is 11.3 Å². The van der Waals surface area contributed by atoms with Crippen molar-refractivity contribution in [1.82, 2.24) is 19.8 Å². The van der Waals surface area contributed by atoms with Gasteiger partial charge in [-0.25, -0.2) is 14.6 Å². The Kier molecular flexibility index (Phi) is 5.47. The van der Waals surface area contributed by atoms with E-state index >= 15 is 0 Å². The molecule has 0 aliphatic carbocycles. The van der Waals surface area contributed by atoms with E-state index in [4.69, 9.17) is 16.3 Å². The maximum atomic E-state index is 13.7. The van der Waals surface area contributed by atoms with Gasteiger partial charge in [-0.2, -0.15) is 0 Å². The largest absolute Gasteiger partial charge is 0.455 e. The molecule has 2 aliphatic heterocycles. The lowest BCUT2D eigenvalue weighted by atomic mass is 10.1. The summed E-state index contributed by atoms with van der Waals surface area (Å²) in [6, 6.07) is 5.48. The van der Waals surface area contributed by atoms with Crippen LogP contribution in [0, 0.1) is 0 Å². The highest BCUT2D eigenvalue weighted by molar-refractivity contribution is 6.31. The molecule has 0 bridgehead atoms. The first-order chi connectivity index (χ1) is 14.6. The standard InChI is InChI=1S/C22H28ClN5O3/c1-13-14(2)26(9-8-24-13)21(30)27-11-18-19(20(29)31-22(3,4)5)25-12-28(18)16-7-6-15(23)10-17(16)27/h6-7,10,12-14,24H,8-9,11H2,1-5H3/t13-,14-/m1/s1. The molecule has 1 aromatic heterocycles. The maximum Gasteiger partial charge on any atom is 0.359 e. The molecule has 1 fully saturated rings. The molecule has 9 heteroatoms. The van der Waals surface area contributed by atoms with Crippen molar-refractivity contribution in [2.24, 2.45) is 0 Å². The molecule has 4 rings (SSSR count). The van der Waals surface area contributed by atoms with Crippen molar-refractivity contribution in [3.05, 3.63) is 40.9 Å². The van der Waals surface area contributed by atoms with Crippen molar-refractivity contribution in [3.63, 3.8) is 0 Å². The van der Waals surface area contributed by atoms with Gasteiger partial charge in [-0.05, 0) is 52.8 Å². The summed E-state index contributed by atoms with van der Waals surface area (Å²) in [5.74, 6) is -0.504. The normalized spacial score (nSPS) is 20.8. The lowest BCUT2D eigenvalue weighted by Crippen LogP contribution is -2.60. The van der Waals surface area contributed by atoms with Crippen LogP contribution in [0.25, 0.3) is 5.69 Å². The Bertz CT molecular complexity index is 1030. The fourth-order valence-corrected chi connectivity index (χ4v) is 4.20. The van der Waals surface area contributed by atoms with Crippen molar-refractivity contribution in [1.29, 1.82) is 0 Å². The molecule has 2 atom stereocenters. The molecule has 0 saturated carbocycles. The van der Waals surface area contributed by atoms with Crippen molar-refractivity contribution in [3.8, 4) is 5.69 Å². The minimum atomic E-state index is -0.643. The molecule has 166 valence electrons. The number of nitrogens with zero attached hydrogens (tertiary/aromatic N) is 4. The molecular formula is C22H28ClN5O3. The average Bonchev–Trinajstić information content (AvgIpc) is 3.11. The van der Waals surface area contributed by atoms with E-state index in [0.717, 1.165) is 12.2 Å². The summed E-state index contributed by atoms with van der Waals surface area (Å²) >= 11 is 6.28. The fourth-order valence-electron chi connectivity index (χ4n) is 4.03. The summed E-state index contributed by atoms with van der Waals surface area (Å²) < 4.78 is 7.37. The number of piperazine rings is 1. The quantitative estimate of drug-likeness (QED) is 0.678. The Hall–Kier alpha value is -2.58. The lowest BCUT2D eigenvalue weighted by molar-refractivity contribution is 0.00619. The first-order valence-corrected chi connectivity index (χ1v) is 10.9. The summed E-state index contributed by atoms with van der Waals surface area (Å²) in [5, 5.41) is 3.93. The minimum Gasteiger partial charge on any atom is -0.455 e. The SMILES string of the molecule is C[C@@H]1[C@@H](C)NCCN1C(=O)N1Cc2c(C(=O)OC(C)(C)C)ncn2-c2ccc(Cl)cc21. The fraction of sp³-hybridized carbons (Fsp3) is 0.500. The molecule has 8 nitrogen and oxygen atoms in total. The zero-order valence-corrected chi connectivity index (χ0v) is 19.2. The van der Waals surface area contributed by atoms with Gasteiger partial charge in [0.05, 0.1) is 23.6 Å². The van der Waals surface area contributed by atoms with Crippen molar-refractivity contribution in [2.75, 3.05) is 18.0 Å². The number of ether oxygens (including phenoxy) is 1. The summed E-state index contributed by atoms with van der Waals surface area (Å²) in [4.78, 5) is 34.3. The summed E-state index contributed by atoms with van der Waals surface area (Å²) in [6.07, 6.45) is 1.60. The number of hydrogen-bond donors (Lipinski definition) is 1. The van der Waals surface area contributed by atoms with E-state index in [1.807, 2.05) is 43.2 Å². The van der Waals surface area contributed by atoms with Crippen LogP contribution in [0.5, 0.6) is 0 Å². The number of hydrogen-bond acceptors (Lipinski definition) is 5. The molecule has 1 saturated heterocycles. The maximum absolute atomic E-state index is 13.7. The lowest BCUT2D eigenvalue weighted by Gasteiger charge is -2.42. The Morgan fingerprint density at radius 2 is 1.97 bits per heavy atom. The summed E-state index contributed by atoms with van der Waals surface area (Å²) in [6.45, 7) is 11.1. The van der Waals surface area contributed by atoms with Gasteiger partial charge < -0.3 is 15.0 Å². The number of urea groups is 1. The first-order valence-electron chi connectivity index (χ1n) is 10.5. The predicted octanol–water partition coefficient (Wildman–Crippen LogP) is 3.60. The molecular weight excluding hydrogens is 418 g/mol. The number of nitrogens with one attached hydrogen (secondary N) is 1. The Balaban J connectivity index is 1.75. The number of rotatable bonds is 1. The van der Waals surface area contributed by atoms with Gasteiger partial charge in [0.15, 0.2) is 5.69 Å². The molecule has 2 amide bonds. The van der Waals surface area contributed by atoms with Crippen LogP contribution in [0.1, 0.15) is 50.8 Å². The van der Waals surface area contributed by atoms with Crippen LogP contribution in [0.4, 0.5) is 10.5 Å². The zero-order valence-electron chi connectivity index (χ0n) is 18.5. The van der Waals surface area contributed by atoms with E-state index in [1.165, 1.54) is 0 Å². The Labute approximate surface area is 187 Å². The number of carbonyl (C=O) groups excluding carboxylic acids is 2. The highest BCUT2D eigenvalue weighted by Crippen LogP contribution is 2.36. The van der Waals surface area contributed by atoms with E-state index < -0.39 is 11.6 Å². The smallest absolute Gasteiger partial charge is 0.359 e. The van der Waals surface area contributed by atoms with Crippen LogP contribution in [0.2, 0.25) is 5.02 Å². The third-order valence-corrected chi connectivity index (χ3v) is 6.00. The van der Waals surface area contributed by atoms with Gasteiger partial charge in [-0.15, -0.1) is 0 Å². The number of anilines is 1. The van der Waals surface area contributed by atoms with E-state index in [-0.39, 0.29) is 30.4 Å². The molecule has 3 heterocycles. The van der Waals surface area contributed by atoms with Gasteiger partial charge in [0.1, 0.15) is 11.9 Å². The third kappa shape index (κ3) is 4.02. The van der Waals surface area contributed by atoms with Crippen molar-refractivity contribution < 1.29 is 14.3 Å². The highest BCUT2D eigenvalue weighted by atomic mass is 35.5. The molecule has 1 aromatic carbocycles. The number of amides is 2. The second-order valence-corrected chi connectivity index (χ2v) is 9.53. The van der Waals surface area contributed by atoms with Gasteiger partial charge >= 0.3 is 12.0 Å². The molecule has 0 spiro atoms. The zero-order chi connectivity index (χ0) is 22.5. The van der Waals surface area contributed by atoms with Gasteiger partial charge in [-0.3, -0.25) is 9.47 Å².